The van der Waals surface area contributed by atoms with E-state index in [1.54, 1.807) is 0 Å². The smallest absolute Gasteiger partial charge is 0.120 e. The minimum Gasteiger partial charge on any atom is -0.490 e. The number of hydrogen-bond donors (Lipinski definition) is 1. The second kappa shape index (κ2) is 5.29. The van der Waals surface area contributed by atoms with Crippen LogP contribution in [-0.4, -0.2) is 18.3 Å². The molecule has 1 unspecified atom stereocenters. The van der Waals surface area contributed by atoms with Gasteiger partial charge in [0.15, 0.2) is 0 Å². The van der Waals surface area contributed by atoms with Crippen LogP contribution in [0.5, 0.6) is 5.75 Å². The van der Waals surface area contributed by atoms with E-state index in [9.17, 15) is 0 Å². The summed E-state index contributed by atoms with van der Waals surface area (Å²) in [4.78, 5) is 0. The third-order valence-corrected chi connectivity index (χ3v) is 3.31. The minimum atomic E-state index is -0.368. The number of ether oxygens (including phenoxy) is 2. The lowest BCUT2D eigenvalue weighted by atomic mass is 9.92. The predicted molar refractivity (Wildman–Crippen MR) is 72.7 cm³/mol. The van der Waals surface area contributed by atoms with Crippen molar-refractivity contribution in [1.29, 1.82) is 0 Å². The largest absolute Gasteiger partial charge is 0.490 e. The Morgan fingerprint density at radius 1 is 1.39 bits per heavy atom. The monoisotopic (exact) mass is 249 g/mol. The Morgan fingerprint density at radius 3 is 2.72 bits per heavy atom. The lowest BCUT2D eigenvalue weighted by Crippen LogP contribution is -2.38. The van der Waals surface area contributed by atoms with Gasteiger partial charge in [0.1, 0.15) is 5.75 Å². The van der Waals surface area contributed by atoms with E-state index in [1.807, 2.05) is 45.0 Å². The molecule has 0 radical (unpaired) electrons. The highest BCUT2D eigenvalue weighted by Gasteiger charge is 2.29. The van der Waals surface area contributed by atoms with Gasteiger partial charge < -0.3 is 15.2 Å². The molecule has 1 saturated carbocycles. The van der Waals surface area contributed by atoms with Crippen molar-refractivity contribution in [2.24, 2.45) is 5.73 Å². The van der Waals surface area contributed by atoms with Gasteiger partial charge in [0, 0.05) is 6.61 Å². The van der Waals surface area contributed by atoms with Gasteiger partial charge in [-0.2, -0.15) is 0 Å². The molecule has 3 nitrogen and oxygen atoms in total. The number of rotatable bonds is 6. The Morgan fingerprint density at radius 2 is 2.11 bits per heavy atom. The van der Waals surface area contributed by atoms with E-state index < -0.39 is 0 Å². The van der Waals surface area contributed by atoms with Crippen LogP contribution in [0.4, 0.5) is 0 Å². The normalized spacial score (nSPS) is 17.6. The molecule has 2 N–H and O–H groups in total. The van der Waals surface area contributed by atoms with Gasteiger partial charge in [-0.25, -0.2) is 0 Å². The highest BCUT2D eigenvalue weighted by atomic mass is 16.5. The molecule has 0 heterocycles. The topological polar surface area (TPSA) is 44.5 Å². The zero-order chi connectivity index (χ0) is 13.2. The lowest BCUT2D eigenvalue weighted by Gasteiger charge is -2.31. The summed E-state index contributed by atoms with van der Waals surface area (Å²) in [6, 6.07) is 7.90. The summed E-state index contributed by atoms with van der Waals surface area (Å²) in [5.41, 5.74) is 6.99. The molecule has 2 rings (SSSR count). The van der Waals surface area contributed by atoms with Crippen molar-refractivity contribution in [3.63, 3.8) is 0 Å². The van der Waals surface area contributed by atoms with Gasteiger partial charge in [-0.05, 0) is 51.3 Å². The second-order valence-corrected chi connectivity index (χ2v) is 5.40. The molecular formula is C15H23NO2. The highest BCUT2D eigenvalue weighted by Crippen LogP contribution is 2.31. The third kappa shape index (κ3) is 3.24. The first-order chi connectivity index (χ1) is 8.53. The molecular weight excluding hydrogens is 226 g/mol. The Labute approximate surface area is 109 Å². The van der Waals surface area contributed by atoms with Crippen LogP contribution in [0, 0.1) is 0 Å². The minimum absolute atomic E-state index is 0.153. The molecule has 0 aromatic heterocycles. The molecule has 0 spiro atoms. The molecule has 3 heteroatoms. The molecule has 1 aliphatic rings. The van der Waals surface area contributed by atoms with E-state index in [-0.39, 0.29) is 11.6 Å². The van der Waals surface area contributed by atoms with Crippen molar-refractivity contribution >= 4 is 0 Å². The van der Waals surface area contributed by atoms with Crippen molar-refractivity contribution in [3.05, 3.63) is 29.8 Å². The fourth-order valence-corrected chi connectivity index (χ4v) is 2.02. The molecule has 1 atom stereocenters. The van der Waals surface area contributed by atoms with E-state index in [2.05, 4.69) is 0 Å². The molecule has 0 amide bonds. The highest BCUT2D eigenvalue weighted by molar-refractivity contribution is 5.32. The fraction of sp³-hybridized carbons (Fsp3) is 0.600. The van der Waals surface area contributed by atoms with Crippen LogP contribution in [-0.2, 0) is 4.74 Å². The Kier molecular flexibility index (Phi) is 3.93. The summed E-state index contributed by atoms with van der Waals surface area (Å²) in [5, 5.41) is 0. The Bertz CT molecular complexity index is 399. The Hall–Kier alpha value is -1.06. The van der Waals surface area contributed by atoms with Crippen LogP contribution >= 0.6 is 0 Å². The van der Waals surface area contributed by atoms with Crippen LogP contribution in [0.15, 0.2) is 24.3 Å². The molecule has 100 valence electrons. The van der Waals surface area contributed by atoms with E-state index in [0.29, 0.717) is 12.7 Å². The van der Waals surface area contributed by atoms with Crippen LogP contribution in [0.3, 0.4) is 0 Å². The van der Waals surface area contributed by atoms with Crippen LogP contribution < -0.4 is 10.5 Å². The summed E-state index contributed by atoms with van der Waals surface area (Å²) in [5.74, 6) is 0.915. The molecule has 18 heavy (non-hydrogen) atoms. The Balaban J connectivity index is 2.10. The van der Waals surface area contributed by atoms with E-state index in [0.717, 1.165) is 11.3 Å². The average Bonchev–Trinajstić information content (AvgIpc) is 3.12. The van der Waals surface area contributed by atoms with Crippen molar-refractivity contribution in [3.8, 4) is 5.75 Å². The maximum Gasteiger partial charge on any atom is 0.120 e. The molecule has 1 aromatic carbocycles. The number of hydrogen-bond acceptors (Lipinski definition) is 3. The van der Waals surface area contributed by atoms with Crippen molar-refractivity contribution < 1.29 is 9.47 Å². The van der Waals surface area contributed by atoms with Crippen molar-refractivity contribution in [1.82, 2.24) is 0 Å². The number of benzene rings is 1. The first kappa shape index (κ1) is 13.4. The van der Waals surface area contributed by atoms with Gasteiger partial charge in [-0.1, -0.05) is 12.1 Å². The van der Waals surface area contributed by atoms with Gasteiger partial charge in [0.2, 0.25) is 0 Å². The summed E-state index contributed by atoms with van der Waals surface area (Å²) >= 11 is 0. The molecule has 1 aromatic rings. The molecule has 0 aliphatic heterocycles. The molecule has 1 aliphatic carbocycles. The number of nitrogens with two attached hydrogens (primary N) is 1. The quantitative estimate of drug-likeness (QED) is 0.842. The summed E-state index contributed by atoms with van der Waals surface area (Å²) in [6.07, 6.45) is 2.75. The zero-order valence-electron chi connectivity index (χ0n) is 11.5. The first-order valence-electron chi connectivity index (χ1n) is 6.69. The summed E-state index contributed by atoms with van der Waals surface area (Å²) in [7, 11) is 0. The zero-order valence-corrected chi connectivity index (χ0v) is 11.5. The predicted octanol–water partition coefficient (Wildman–Crippen LogP) is 3.04. The average molecular weight is 249 g/mol. The summed E-state index contributed by atoms with van der Waals surface area (Å²) < 4.78 is 11.5. The van der Waals surface area contributed by atoms with Gasteiger partial charge in [-0.3, -0.25) is 0 Å². The molecule has 1 fully saturated rings. The molecule has 0 saturated heterocycles. The van der Waals surface area contributed by atoms with Gasteiger partial charge >= 0.3 is 0 Å². The first-order valence-corrected chi connectivity index (χ1v) is 6.69. The van der Waals surface area contributed by atoms with Crippen LogP contribution in [0.25, 0.3) is 0 Å². The van der Waals surface area contributed by atoms with E-state index in [1.165, 1.54) is 12.8 Å². The lowest BCUT2D eigenvalue weighted by molar-refractivity contribution is -0.0298. The maximum atomic E-state index is 6.29. The summed E-state index contributed by atoms with van der Waals surface area (Å²) in [6.45, 7) is 6.70. The fourth-order valence-electron chi connectivity index (χ4n) is 2.02. The SMILES string of the molecule is CCOC(C)(C)C(N)c1cccc(OC2CC2)c1. The van der Waals surface area contributed by atoms with Crippen molar-refractivity contribution in [2.45, 2.75) is 51.4 Å². The van der Waals surface area contributed by atoms with Gasteiger partial charge in [0.25, 0.3) is 0 Å². The second-order valence-electron chi connectivity index (χ2n) is 5.40. The maximum absolute atomic E-state index is 6.29. The van der Waals surface area contributed by atoms with Crippen LogP contribution in [0.1, 0.15) is 45.2 Å². The third-order valence-electron chi connectivity index (χ3n) is 3.31. The van der Waals surface area contributed by atoms with E-state index in [4.69, 9.17) is 15.2 Å². The van der Waals surface area contributed by atoms with Gasteiger partial charge in [-0.15, -0.1) is 0 Å². The van der Waals surface area contributed by atoms with E-state index >= 15 is 0 Å². The van der Waals surface area contributed by atoms with Gasteiger partial charge in [0.05, 0.1) is 17.7 Å². The standard InChI is InChI=1S/C15H23NO2/c1-4-17-15(2,3)14(16)11-6-5-7-13(10-11)18-12-8-9-12/h5-7,10,12,14H,4,8-9,16H2,1-3H3. The van der Waals surface area contributed by atoms with Crippen molar-refractivity contribution in [2.75, 3.05) is 6.61 Å². The van der Waals surface area contributed by atoms with Crippen LogP contribution in [0.2, 0.25) is 0 Å². The molecule has 0 bridgehead atoms.